The predicted octanol–water partition coefficient (Wildman–Crippen LogP) is 3.83. The molecule has 2 aromatic rings. The van der Waals surface area contributed by atoms with Crippen molar-refractivity contribution in [3.63, 3.8) is 0 Å². The van der Waals surface area contributed by atoms with Gasteiger partial charge in [0.25, 0.3) is 5.91 Å². The lowest BCUT2D eigenvalue weighted by molar-refractivity contribution is -0.125. The van der Waals surface area contributed by atoms with Gasteiger partial charge in [-0.05, 0) is 36.6 Å². The first-order chi connectivity index (χ1) is 11.6. The van der Waals surface area contributed by atoms with Gasteiger partial charge < -0.3 is 10.2 Å². The van der Waals surface area contributed by atoms with Crippen LogP contribution in [-0.2, 0) is 16.1 Å². The van der Waals surface area contributed by atoms with Crippen LogP contribution in [0.1, 0.15) is 30.0 Å². The van der Waals surface area contributed by atoms with Crippen LogP contribution in [0, 0.1) is 12.7 Å². The largest absolute Gasteiger partial charge is 0.382 e. The third kappa shape index (κ3) is 3.30. The lowest BCUT2D eigenvalue weighted by Gasteiger charge is -2.15. The molecule has 0 aliphatic carbocycles. The standard InChI is InChI=1S/C19H19FN2O2/c1-3-13-7-4-6-12(2)18(13)21-19(23)17-11-16(22-24-17)14-8-5-9-15(20)10-14/h4-10,17H,3,11H2,1-2H3,(H,21,23)/t17-/m0/s1. The Bertz CT molecular complexity index is 802. The number of hydrogen-bond donors (Lipinski definition) is 1. The van der Waals surface area contributed by atoms with Crippen LogP contribution >= 0.6 is 0 Å². The van der Waals surface area contributed by atoms with Gasteiger partial charge in [0, 0.05) is 17.7 Å². The molecule has 1 heterocycles. The molecule has 0 saturated carbocycles. The first-order valence-electron chi connectivity index (χ1n) is 7.96. The molecule has 0 aromatic heterocycles. The van der Waals surface area contributed by atoms with Crippen LogP contribution < -0.4 is 5.32 Å². The lowest BCUT2D eigenvalue weighted by Crippen LogP contribution is -2.28. The summed E-state index contributed by atoms with van der Waals surface area (Å²) in [6.07, 6.45) is 0.448. The fourth-order valence-corrected chi connectivity index (χ4v) is 2.76. The van der Waals surface area contributed by atoms with Gasteiger partial charge in [0.15, 0.2) is 0 Å². The molecular formula is C19H19FN2O2. The number of rotatable bonds is 4. The van der Waals surface area contributed by atoms with Crippen molar-refractivity contribution in [3.8, 4) is 0 Å². The number of halogens is 1. The highest BCUT2D eigenvalue weighted by molar-refractivity contribution is 6.06. The number of carbonyl (C=O) groups excluding carboxylic acids is 1. The van der Waals surface area contributed by atoms with E-state index in [1.165, 1.54) is 12.1 Å². The van der Waals surface area contributed by atoms with Crippen molar-refractivity contribution in [1.29, 1.82) is 0 Å². The highest BCUT2D eigenvalue weighted by Gasteiger charge is 2.29. The number of aryl methyl sites for hydroxylation is 2. The van der Waals surface area contributed by atoms with Crippen LogP contribution in [0.2, 0.25) is 0 Å². The molecule has 1 aliphatic rings. The van der Waals surface area contributed by atoms with E-state index in [2.05, 4.69) is 10.5 Å². The Morgan fingerprint density at radius 3 is 2.88 bits per heavy atom. The van der Waals surface area contributed by atoms with Gasteiger partial charge >= 0.3 is 0 Å². The molecule has 5 heteroatoms. The lowest BCUT2D eigenvalue weighted by atomic mass is 10.0. The number of benzene rings is 2. The van der Waals surface area contributed by atoms with Crippen molar-refractivity contribution in [2.24, 2.45) is 5.16 Å². The molecule has 4 nitrogen and oxygen atoms in total. The molecule has 1 aliphatic heterocycles. The quantitative estimate of drug-likeness (QED) is 0.928. The summed E-state index contributed by atoms with van der Waals surface area (Å²) in [5.41, 5.74) is 4.12. The van der Waals surface area contributed by atoms with Crippen molar-refractivity contribution < 1.29 is 14.0 Å². The van der Waals surface area contributed by atoms with E-state index in [0.717, 1.165) is 23.2 Å². The molecule has 1 amide bonds. The third-order valence-electron chi connectivity index (χ3n) is 4.11. The Morgan fingerprint density at radius 1 is 1.33 bits per heavy atom. The number of nitrogens with zero attached hydrogens (tertiary/aromatic N) is 1. The van der Waals surface area contributed by atoms with E-state index in [1.807, 2.05) is 32.0 Å². The van der Waals surface area contributed by atoms with E-state index in [-0.39, 0.29) is 11.7 Å². The molecule has 2 aromatic carbocycles. The molecule has 1 N–H and O–H groups in total. The van der Waals surface area contributed by atoms with Gasteiger partial charge in [0.05, 0.1) is 5.71 Å². The molecule has 0 spiro atoms. The number of carbonyl (C=O) groups is 1. The Balaban J connectivity index is 1.70. The monoisotopic (exact) mass is 326 g/mol. The molecule has 124 valence electrons. The van der Waals surface area contributed by atoms with E-state index in [9.17, 15) is 9.18 Å². The van der Waals surface area contributed by atoms with Crippen molar-refractivity contribution >= 4 is 17.3 Å². The number of hydrogen-bond acceptors (Lipinski definition) is 3. The smallest absolute Gasteiger partial charge is 0.268 e. The normalized spacial score (nSPS) is 16.5. The van der Waals surface area contributed by atoms with Gasteiger partial charge in [-0.3, -0.25) is 4.79 Å². The van der Waals surface area contributed by atoms with Gasteiger partial charge in [-0.25, -0.2) is 4.39 Å². The summed E-state index contributed by atoms with van der Waals surface area (Å²) in [6, 6.07) is 12.0. The van der Waals surface area contributed by atoms with Gasteiger partial charge in [-0.1, -0.05) is 42.4 Å². The number of oxime groups is 1. The number of nitrogens with one attached hydrogen (secondary N) is 1. The van der Waals surface area contributed by atoms with E-state index in [0.29, 0.717) is 17.7 Å². The minimum absolute atomic E-state index is 0.242. The Hall–Kier alpha value is -2.69. The topological polar surface area (TPSA) is 50.7 Å². The van der Waals surface area contributed by atoms with E-state index >= 15 is 0 Å². The minimum atomic E-state index is -0.701. The predicted molar refractivity (Wildman–Crippen MR) is 91.6 cm³/mol. The Labute approximate surface area is 140 Å². The summed E-state index contributed by atoms with van der Waals surface area (Å²) in [7, 11) is 0. The Kier molecular flexibility index (Phi) is 4.60. The highest BCUT2D eigenvalue weighted by Crippen LogP contribution is 2.23. The van der Waals surface area contributed by atoms with Crippen molar-refractivity contribution in [3.05, 3.63) is 65.0 Å². The number of para-hydroxylation sites is 1. The molecule has 0 saturated heterocycles. The average molecular weight is 326 g/mol. The zero-order valence-corrected chi connectivity index (χ0v) is 13.7. The summed E-state index contributed by atoms with van der Waals surface area (Å²) in [5.74, 6) is -0.579. The van der Waals surface area contributed by atoms with E-state index in [1.54, 1.807) is 12.1 Å². The number of amides is 1. The van der Waals surface area contributed by atoms with E-state index < -0.39 is 6.10 Å². The van der Waals surface area contributed by atoms with Crippen molar-refractivity contribution in [1.82, 2.24) is 0 Å². The molecular weight excluding hydrogens is 307 g/mol. The highest BCUT2D eigenvalue weighted by atomic mass is 19.1. The van der Waals surface area contributed by atoms with Crippen LogP contribution in [0.15, 0.2) is 47.6 Å². The molecule has 24 heavy (non-hydrogen) atoms. The molecule has 0 radical (unpaired) electrons. The maximum absolute atomic E-state index is 13.3. The maximum Gasteiger partial charge on any atom is 0.268 e. The van der Waals surface area contributed by atoms with Crippen LogP contribution in [0.3, 0.4) is 0 Å². The summed E-state index contributed by atoms with van der Waals surface area (Å²) in [5, 5.41) is 6.89. The van der Waals surface area contributed by atoms with Gasteiger partial charge in [-0.2, -0.15) is 0 Å². The molecule has 0 bridgehead atoms. The fraction of sp³-hybridized carbons (Fsp3) is 0.263. The zero-order chi connectivity index (χ0) is 17.1. The van der Waals surface area contributed by atoms with Gasteiger partial charge in [0.2, 0.25) is 6.10 Å². The van der Waals surface area contributed by atoms with Crippen molar-refractivity contribution in [2.75, 3.05) is 5.32 Å². The van der Waals surface area contributed by atoms with Crippen LogP contribution in [0.5, 0.6) is 0 Å². The summed E-state index contributed by atoms with van der Waals surface area (Å²) >= 11 is 0. The second kappa shape index (κ2) is 6.83. The maximum atomic E-state index is 13.3. The molecule has 1 atom stereocenters. The first-order valence-corrected chi connectivity index (χ1v) is 7.96. The Morgan fingerprint density at radius 2 is 2.12 bits per heavy atom. The van der Waals surface area contributed by atoms with Gasteiger partial charge in [-0.15, -0.1) is 0 Å². The number of anilines is 1. The average Bonchev–Trinajstić information content (AvgIpc) is 3.07. The molecule has 3 rings (SSSR count). The molecule has 0 unspecified atom stereocenters. The second-order valence-electron chi connectivity index (χ2n) is 5.80. The van der Waals surface area contributed by atoms with Crippen LogP contribution in [-0.4, -0.2) is 17.7 Å². The minimum Gasteiger partial charge on any atom is -0.382 e. The molecule has 0 fully saturated rings. The zero-order valence-electron chi connectivity index (χ0n) is 13.7. The first kappa shape index (κ1) is 16.2. The van der Waals surface area contributed by atoms with E-state index in [4.69, 9.17) is 4.84 Å². The summed E-state index contributed by atoms with van der Waals surface area (Å²) < 4.78 is 13.3. The van der Waals surface area contributed by atoms with Crippen molar-refractivity contribution in [2.45, 2.75) is 32.8 Å². The fourth-order valence-electron chi connectivity index (χ4n) is 2.76. The van der Waals surface area contributed by atoms with Crippen LogP contribution in [0.25, 0.3) is 0 Å². The van der Waals surface area contributed by atoms with Gasteiger partial charge in [0.1, 0.15) is 5.82 Å². The summed E-state index contributed by atoms with van der Waals surface area (Å²) in [6.45, 7) is 4.00. The second-order valence-corrected chi connectivity index (χ2v) is 5.80. The summed E-state index contributed by atoms with van der Waals surface area (Å²) in [4.78, 5) is 17.8. The SMILES string of the molecule is CCc1cccc(C)c1NC(=O)[C@@H]1CC(c2cccc(F)c2)=NO1. The third-order valence-corrected chi connectivity index (χ3v) is 4.11. The van der Waals surface area contributed by atoms with Crippen LogP contribution in [0.4, 0.5) is 10.1 Å².